The molecule has 7 nitrogen and oxygen atoms in total. The summed E-state index contributed by atoms with van der Waals surface area (Å²) in [5, 5.41) is 4.33. The van der Waals surface area contributed by atoms with Gasteiger partial charge in [0.15, 0.2) is 0 Å². The number of nitrogens with zero attached hydrogens (tertiary/aromatic N) is 5. The number of nitrogens with two attached hydrogens (primary N) is 1. The molecule has 3 heterocycles. The smallest absolute Gasteiger partial charge is 0.224 e. The molecule has 0 aromatic carbocycles. The van der Waals surface area contributed by atoms with Crippen LogP contribution in [-0.4, -0.2) is 43.6 Å². The van der Waals surface area contributed by atoms with Crippen LogP contribution in [0.1, 0.15) is 30.7 Å². The van der Waals surface area contributed by atoms with E-state index in [9.17, 15) is 4.79 Å². The second-order valence-electron chi connectivity index (χ2n) is 6.41. The van der Waals surface area contributed by atoms with Crippen molar-refractivity contribution in [1.29, 1.82) is 0 Å². The first-order valence-electron chi connectivity index (χ1n) is 8.45. The quantitative estimate of drug-likeness (QED) is 0.897. The molecule has 1 aliphatic rings. The highest BCUT2D eigenvalue weighted by Gasteiger charge is 2.24. The number of piperidine rings is 1. The summed E-state index contributed by atoms with van der Waals surface area (Å²) in [6, 6.07) is 1.95. The van der Waals surface area contributed by atoms with E-state index in [-0.39, 0.29) is 5.91 Å². The summed E-state index contributed by atoms with van der Waals surface area (Å²) in [5.74, 6) is 1.09. The maximum Gasteiger partial charge on any atom is 0.224 e. The number of likely N-dealkylation sites (tertiary alicyclic amines) is 1. The standard InChI is InChI=1S/C17H24N6O/c1-13-4-9-23(21-13)10-5-16(24)22-8-2-3-14(12-22)11-15-17(18)20-7-6-19-15/h4,6-7,9,14H,2-3,5,8,10-12H2,1H3,(H2,18,20)/t14-/m1/s1. The molecule has 0 spiro atoms. The van der Waals surface area contributed by atoms with Gasteiger partial charge in [0.05, 0.1) is 11.4 Å². The second kappa shape index (κ2) is 7.42. The predicted octanol–water partition coefficient (Wildman–Crippen LogP) is 1.44. The van der Waals surface area contributed by atoms with Crippen LogP contribution >= 0.6 is 0 Å². The van der Waals surface area contributed by atoms with Crippen LogP contribution in [0.25, 0.3) is 0 Å². The number of hydrogen-bond donors (Lipinski definition) is 1. The van der Waals surface area contributed by atoms with Gasteiger partial charge >= 0.3 is 0 Å². The maximum absolute atomic E-state index is 12.5. The van der Waals surface area contributed by atoms with Crippen LogP contribution in [0.4, 0.5) is 5.82 Å². The number of anilines is 1. The molecular formula is C17H24N6O. The molecule has 1 aliphatic heterocycles. The SMILES string of the molecule is Cc1ccn(CCC(=O)N2CCC[C@H](Cc3nccnc3N)C2)n1. The van der Waals surface area contributed by atoms with Crippen molar-refractivity contribution in [2.45, 2.75) is 39.2 Å². The summed E-state index contributed by atoms with van der Waals surface area (Å²) >= 11 is 0. The van der Waals surface area contributed by atoms with E-state index in [1.807, 2.05) is 28.8 Å². The molecule has 128 valence electrons. The molecule has 0 unspecified atom stereocenters. The Hall–Kier alpha value is -2.44. The van der Waals surface area contributed by atoms with Crippen molar-refractivity contribution >= 4 is 11.7 Å². The van der Waals surface area contributed by atoms with Gasteiger partial charge in [-0.3, -0.25) is 14.5 Å². The Bertz CT molecular complexity index is 698. The molecule has 0 radical (unpaired) electrons. The zero-order chi connectivity index (χ0) is 16.9. The topological polar surface area (TPSA) is 89.9 Å². The van der Waals surface area contributed by atoms with Crippen molar-refractivity contribution in [3.05, 3.63) is 36.0 Å². The fraction of sp³-hybridized carbons (Fsp3) is 0.529. The van der Waals surface area contributed by atoms with Crippen LogP contribution in [0.15, 0.2) is 24.7 Å². The van der Waals surface area contributed by atoms with Crippen LogP contribution in [0.3, 0.4) is 0 Å². The maximum atomic E-state index is 12.5. The van der Waals surface area contributed by atoms with Gasteiger partial charge in [-0.1, -0.05) is 0 Å². The molecule has 0 saturated carbocycles. The molecule has 24 heavy (non-hydrogen) atoms. The summed E-state index contributed by atoms with van der Waals surface area (Å²) in [5.41, 5.74) is 7.69. The van der Waals surface area contributed by atoms with Crippen LogP contribution in [-0.2, 0) is 17.8 Å². The summed E-state index contributed by atoms with van der Waals surface area (Å²) in [4.78, 5) is 22.9. The van der Waals surface area contributed by atoms with Crippen LogP contribution in [0, 0.1) is 12.8 Å². The Morgan fingerprint density at radius 2 is 2.21 bits per heavy atom. The summed E-state index contributed by atoms with van der Waals surface area (Å²) in [6.07, 6.45) is 8.58. The lowest BCUT2D eigenvalue weighted by atomic mass is 9.93. The lowest BCUT2D eigenvalue weighted by molar-refractivity contribution is -0.133. The van der Waals surface area contributed by atoms with Crippen molar-refractivity contribution in [1.82, 2.24) is 24.6 Å². The number of rotatable bonds is 5. The zero-order valence-corrected chi connectivity index (χ0v) is 14.1. The van der Waals surface area contributed by atoms with Gasteiger partial charge in [-0.05, 0) is 38.2 Å². The van der Waals surface area contributed by atoms with Crippen molar-refractivity contribution in [3.63, 3.8) is 0 Å². The van der Waals surface area contributed by atoms with E-state index < -0.39 is 0 Å². The molecule has 7 heteroatoms. The molecular weight excluding hydrogens is 304 g/mol. The third-order valence-electron chi connectivity index (χ3n) is 4.49. The van der Waals surface area contributed by atoms with Crippen LogP contribution in [0.2, 0.25) is 0 Å². The first kappa shape index (κ1) is 16.4. The minimum absolute atomic E-state index is 0.194. The van der Waals surface area contributed by atoms with Gasteiger partial charge < -0.3 is 10.6 Å². The van der Waals surface area contributed by atoms with E-state index in [0.29, 0.717) is 24.7 Å². The van der Waals surface area contributed by atoms with Crippen molar-refractivity contribution in [2.24, 2.45) is 5.92 Å². The molecule has 1 amide bonds. The normalized spacial score (nSPS) is 17.9. The molecule has 2 aromatic heterocycles. The summed E-state index contributed by atoms with van der Waals surface area (Å²) in [7, 11) is 0. The Balaban J connectivity index is 1.53. The fourth-order valence-corrected chi connectivity index (χ4v) is 3.22. The second-order valence-corrected chi connectivity index (χ2v) is 6.41. The van der Waals surface area contributed by atoms with Crippen molar-refractivity contribution in [2.75, 3.05) is 18.8 Å². The third-order valence-corrected chi connectivity index (χ3v) is 4.49. The average molecular weight is 328 g/mol. The number of aryl methyl sites for hydroxylation is 2. The zero-order valence-electron chi connectivity index (χ0n) is 14.1. The number of hydrogen-bond acceptors (Lipinski definition) is 5. The lowest BCUT2D eigenvalue weighted by Crippen LogP contribution is -2.41. The summed E-state index contributed by atoms with van der Waals surface area (Å²) in [6.45, 7) is 4.19. The molecule has 1 fully saturated rings. The first-order valence-corrected chi connectivity index (χ1v) is 8.45. The van der Waals surface area contributed by atoms with Gasteiger partial charge in [-0.25, -0.2) is 4.98 Å². The Morgan fingerprint density at radius 3 is 2.96 bits per heavy atom. The van der Waals surface area contributed by atoms with Gasteiger partial charge in [0, 0.05) is 44.6 Å². The van der Waals surface area contributed by atoms with E-state index in [1.165, 1.54) is 0 Å². The Morgan fingerprint density at radius 1 is 1.38 bits per heavy atom. The number of nitrogen functional groups attached to an aromatic ring is 1. The average Bonchev–Trinajstić information content (AvgIpc) is 3.00. The highest BCUT2D eigenvalue weighted by molar-refractivity contribution is 5.76. The Labute approximate surface area is 141 Å². The molecule has 0 aliphatic carbocycles. The summed E-state index contributed by atoms with van der Waals surface area (Å²) < 4.78 is 1.83. The van der Waals surface area contributed by atoms with Crippen LogP contribution in [0.5, 0.6) is 0 Å². The molecule has 1 atom stereocenters. The predicted molar refractivity (Wildman–Crippen MR) is 91.0 cm³/mol. The Kier molecular flexibility index (Phi) is 5.08. The molecule has 3 rings (SSSR count). The molecule has 2 aromatic rings. The van der Waals surface area contributed by atoms with Crippen molar-refractivity contribution < 1.29 is 4.79 Å². The van der Waals surface area contributed by atoms with E-state index in [2.05, 4.69) is 15.1 Å². The van der Waals surface area contributed by atoms with Crippen molar-refractivity contribution in [3.8, 4) is 0 Å². The lowest BCUT2D eigenvalue weighted by Gasteiger charge is -2.33. The van der Waals surface area contributed by atoms with E-state index in [4.69, 9.17) is 5.73 Å². The van der Waals surface area contributed by atoms with Gasteiger partial charge in [0.2, 0.25) is 5.91 Å². The van der Waals surface area contributed by atoms with E-state index >= 15 is 0 Å². The fourth-order valence-electron chi connectivity index (χ4n) is 3.22. The molecule has 1 saturated heterocycles. The highest BCUT2D eigenvalue weighted by atomic mass is 16.2. The number of aromatic nitrogens is 4. The number of carbonyl (C=O) groups is 1. The minimum Gasteiger partial charge on any atom is -0.382 e. The largest absolute Gasteiger partial charge is 0.382 e. The molecule has 0 bridgehead atoms. The molecule has 2 N–H and O–H groups in total. The van der Waals surface area contributed by atoms with Gasteiger partial charge in [0.25, 0.3) is 0 Å². The van der Waals surface area contributed by atoms with E-state index in [1.54, 1.807) is 12.4 Å². The highest BCUT2D eigenvalue weighted by Crippen LogP contribution is 2.22. The van der Waals surface area contributed by atoms with Crippen LogP contribution < -0.4 is 5.73 Å². The first-order chi connectivity index (χ1) is 11.6. The monoisotopic (exact) mass is 328 g/mol. The van der Waals surface area contributed by atoms with E-state index in [0.717, 1.165) is 43.7 Å². The van der Waals surface area contributed by atoms with Gasteiger partial charge in [-0.15, -0.1) is 0 Å². The number of carbonyl (C=O) groups excluding carboxylic acids is 1. The minimum atomic E-state index is 0.194. The third kappa shape index (κ3) is 4.10. The van der Waals surface area contributed by atoms with Gasteiger partial charge in [-0.2, -0.15) is 5.10 Å². The number of amides is 1. The van der Waals surface area contributed by atoms with Gasteiger partial charge in [0.1, 0.15) is 5.82 Å².